The molecule has 182 valence electrons. The van der Waals surface area contributed by atoms with Crippen LogP contribution in [0, 0.1) is 13.8 Å². The maximum atomic E-state index is 13.4. The predicted molar refractivity (Wildman–Crippen MR) is 141 cm³/mol. The van der Waals surface area contributed by atoms with Crippen molar-refractivity contribution in [2.75, 3.05) is 22.4 Å². The zero-order chi connectivity index (χ0) is 24.8. The third-order valence-electron chi connectivity index (χ3n) is 5.41. The molecule has 0 aromatic heterocycles. The summed E-state index contributed by atoms with van der Waals surface area (Å²) in [5.74, 6) is 2.16. The summed E-state index contributed by atoms with van der Waals surface area (Å²) in [6.07, 6.45) is 1.74. The lowest BCUT2D eigenvalue weighted by atomic mass is 10.1. The van der Waals surface area contributed by atoms with E-state index >= 15 is 0 Å². The molecular weight excluding hydrogens is 482 g/mol. The highest BCUT2D eigenvalue weighted by Gasteiger charge is 2.28. The summed E-state index contributed by atoms with van der Waals surface area (Å²) in [6.45, 7) is 3.34. The van der Waals surface area contributed by atoms with Crippen LogP contribution in [0.1, 0.15) is 16.7 Å². The van der Waals surface area contributed by atoms with Gasteiger partial charge in [0.25, 0.3) is 15.9 Å². The molecule has 1 N–H and O–H groups in total. The van der Waals surface area contributed by atoms with Crippen LogP contribution in [0.3, 0.4) is 0 Å². The molecule has 1 aliphatic heterocycles. The van der Waals surface area contributed by atoms with Crippen molar-refractivity contribution >= 4 is 39.6 Å². The number of sulfonamides is 1. The van der Waals surface area contributed by atoms with Gasteiger partial charge in [-0.25, -0.2) is 13.8 Å². The number of thioether (sulfide) groups is 1. The number of amides is 1. The van der Waals surface area contributed by atoms with Gasteiger partial charge in [0, 0.05) is 11.5 Å². The SMILES string of the molecule is Cc1ccc(N(CC(=O)N/N=C\c2cccc(OC3CSC3)c2)S(=O)(=O)c2ccccc2)c(C)c1. The monoisotopic (exact) mass is 509 g/mol. The number of hydrogen-bond donors (Lipinski definition) is 1. The van der Waals surface area contributed by atoms with E-state index in [0.717, 1.165) is 38.3 Å². The lowest BCUT2D eigenvalue weighted by Gasteiger charge is -2.25. The quantitative estimate of drug-likeness (QED) is 0.346. The van der Waals surface area contributed by atoms with Gasteiger partial charge in [0.1, 0.15) is 18.4 Å². The van der Waals surface area contributed by atoms with Crippen molar-refractivity contribution in [3.63, 3.8) is 0 Å². The Morgan fingerprint density at radius 1 is 1.09 bits per heavy atom. The molecule has 1 saturated heterocycles. The summed E-state index contributed by atoms with van der Waals surface area (Å²) in [4.78, 5) is 12.9. The normalized spacial score (nSPS) is 13.9. The molecule has 0 bridgehead atoms. The second kappa shape index (κ2) is 11.0. The van der Waals surface area contributed by atoms with Crippen LogP contribution in [0.25, 0.3) is 0 Å². The standard InChI is InChI=1S/C26H27N3O4S2/c1-19-11-12-25(20(2)13-19)29(35(31,32)24-9-4-3-5-10-24)16-26(30)28-27-15-21-7-6-8-22(14-21)33-23-17-34-18-23/h3-15,23H,16-18H2,1-2H3,(H,28,30)/b27-15-. The molecule has 1 amide bonds. The summed E-state index contributed by atoms with van der Waals surface area (Å²) in [5, 5.41) is 4.03. The van der Waals surface area contributed by atoms with E-state index in [1.807, 2.05) is 62.0 Å². The van der Waals surface area contributed by atoms with Crippen LogP contribution in [0.2, 0.25) is 0 Å². The summed E-state index contributed by atoms with van der Waals surface area (Å²) >= 11 is 1.84. The zero-order valence-electron chi connectivity index (χ0n) is 19.5. The van der Waals surface area contributed by atoms with Crippen molar-refractivity contribution in [3.05, 3.63) is 89.5 Å². The second-order valence-corrected chi connectivity index (χ2v) is 11.2. The number of carbonyl (C=O) groups excluding carboxylic acids is 1. The third-order valence-corrected chi connectivity index (χ3v) is 8.40. The Balaban J connectivity index is 1.50. The molecular formula is C26H27N3O4S2. The van der Waals surface area contributed by atoms with Gasteiger partial charge in [0.05, 0.1) is 16.8 Å². The van der Waals surface area contributed by atoms with Crippen molar-refractivity contribution in [1.82, 2.24) is 5.43 Å². The van der Waals surface area contributed by atoms with Crippen LogP contribution >= 0.6 is 11.8 Å². The Morgan fingerprint density at radius 3 is 2.54 bits per heavy atom. The molecule has 0 aliphatic carbocycles. The molecule has 3 aromatic rings. The second-order valence-electron chi connectivity index (χ2n) is 8.26. The van der Waals surface area contributed by atoms with Crippen LogP contribution in [-0.2, 0) is 14.8 Å². The van der Waals surface area contributed by atoms with E-state index < -0.39 is 22.5 Å². The highest BCUT2D eigenvalue weighted by molar-refractivity contribution is 8.00. The van der Waals surface area contributed by atoms with E-state index in [0.29, 0.717) is 5.69 Å². The first-order valence-electron chi connectivity index (χ1n) is 11.1. The molecule has 0 saturated carbocycles. The van der Waals surface area contributed by atoms with Gasteiger partial charge in [-0.3, -0.25) is 9.10 Å². The topological polar surface area (TPSA) is 88.1 Å². The minimum atomic E-state index is -3.97. The van der Waals surface area contributed by atoms with E-state index in [-0.39, 0.29) is 11.0 Å². The number of carbonyl (C=O) groups is 1. The lowest BCUT2D eigenvalue weighted by Crippen LogP contribution is -2.40. The van der Waals surface area contributed by atoms with Gasteiger partial charge in [-0.15, -0.1) is 0 Å². The molecule has 1 fully saturated rings. The average Bonchev–Trinajstić information content (AvgIpc) is 2.81. The molecule has 0 atom stereocenters. The van der Waals surface area contributed by atoms with E-state index in [9.17, 15) is 13.2 Å². The van der Waals surface area contributed by atoms with Gasteiger partial charge in [0.2, 0.25) is 0 Å². The molecule has 35 heavy (non-hydrogen) atoms. The van der Waals surface area contributed by atoms with Gasteiger partial charge < -0.3 is 4.74 Å². The summed E-state index contributed by atoms with van der Waals surface area (Å²) in [6, 6.07) is 20.9. The Hall–Kier alpha value is -3.30. The Labute approximate surface area is 210 Å². The molecule has 9 heteroatoms. The van der Waals surface area contributed by atoms with Gasteiger partial charge in [-0.05, 0) is 55.3 Å². The fourth-order valence-electron chi connectivity index (χ4n) is 3.59. The van der Waals surface area contributed by atoms with Crippen LogP contribution < -0.4 is 14.5 Å². The Morgan fingerprint density at radius 2 is 1.86 bits per heavy atom. The Kier molecular flexibility index (Phi) is 7.77. The number of ether oxygens (including phenoxy) is 1. The van der Waals surface area contributed by atoms with Crippen molar-refractivity contribution in [3.8, 4) is 5.75 Å². The molecule has 0 unspecified atom stereocenters. The first-order chi connectivity index (χ1) is 16.8. The number of benzene rings is 3. The van der Waals surface area contributed by atoms with Gasteiger partial charge in [-0.2, -0.15) is 16.9 Å². The molecule has 1 heterocycles. The van der Waals surface area contributed by atoms with Gasteiger partial charge in [-0.1, -0.05) is 48.0 Å². The predicted octanol–water partition coefficient (Wildman–Crippen LogP) is 4.14. The molecule has 0 radical (unpaired) electrons. The maximum absolute atomic E-state index is 13.4. The fourth-order valence-corrected chi connectivity index (χ4v) is 5.66. The van der Waals surface area contributed by atoms with Crippen LogP contribution in [-0.4, -0.2) is 44.7 Å². The van der Waals surface area contributed by atoms with E-state index in [1.165, 1.54) is 18.3 Å². The first kappa shape index (κ1) is 24.8. The molecule has 0 spiro atoms. The van der Waals surface area contributed by atoms with Crippen molar-refractivity contribution in [2.24, 2.45) is 5.10 Å². The summed E-state index contributed by atoms with van der Waals surface area (Å²) in [7, 11) is -3.97. The molecule has 7 nitrogen and oxygen atoms in total. The van der Waals surface area contributed by atoms with Crippen molar-refractivity contribution in [1.29, 1.82) is 0 Å². The highest BCUT2D eigenvalue weighted by atomic mass is 32.2. The van der Waals surface area contributed by atoms with Crippen molar-refractivity contribution in [2.45, 2.75) is 24.8 Å². The largest absolute Gasteiger partial charge is 0.489 e. The number of aryl methyl sites for hydroxylation is 2. The van der Waals surface area contributed by atoms with E-state index in [1.54, 1.807) is 24.3 Å². The number of hydrogen-bond acceptors (Lipinski definition) is 6. The molecule has 4 rings (SSSR count). The fraction of sp³-hybridized carbons (Fsp3) is 0.231. The van der Waals surface area contributed by atoms with Crippen LogP contribution in [0.5, 0.6) is 5.75 Å². The summed E-state index contributed by atoms with van der Waals surface area (Å²) < 4.78 is 33.9. The zero-order valence-corrected chi connectivity index (χ0v) is 21.2. The van der Waals surface area contributed by atoms with Gasteiger partial charge >= 0.3 is 0 Å². The lowest BCUT2D eigenvalue weighted by molar-refractivity contribution is -0.119. The van der Waals surface area contributed by atoms with Crippen molar-refractivity contribution < 1.29 is 17.9 Å². The third kappa shape index (κ3) is 6.23. The number of anilines is 1. The molecule has 1 aliphatic rings. The highest BCUT2D eigenvalue weighted by Crippen LogP contribution is 2.27. The summed E-state index contributed by atoms with van der Waals surface area (Å²) in [5.41, 5.74) is 5.40. The minimum Gasteiger partial charge on any atom is -0.489 e. The molecule has 3 aromatic carbocycles. The minimum absolute atomic E-state index is 0.109. The number of nitrogens with one attached hydrogen (secondary N) is 1. The number of hydrazone groups is 1. The van der Waals surface area contributed by atoms with Crippen LogP contribution in [0.15, 0.2) is 82.8 Å². The number of nitrogens with zero attached hydrogens (tertiary/aromatic N) is 2. The maximum Gasteiger partial charge on any atom is 0.264 e. The van der Waals surface area contributed by atoms with Crippen LogP contribution in [0.4, 0.5) is 5.69 Å². The Bertz CT molecular complexity index is 1320. The smallest absolute Gasteiger partial charge is 0.264 e. The average molecular weight is 510 g/mol. The van der Waals surface area contributed by atoms with Gasteiger partial charge in [0.15, 0.2) is 0 Å². The first-order valence-corrected chi connectivity index (χ1v) is 13.7. The van der Waals surface area contributed by atoms with E-state index in [4.69, 9.17) is 4.74 Å². The van der Waals surface area contributed by atoms with E-state index in [2.05, 4.69) is 10.5 Å². The number of rotatable bonds is 9.